The van der Waals surface area contributed by atoms with Crippen molar-refractivity contribution in [2.75, 3.05) is 44.2 Å². The maximum absolute atomic E-state index is 15.1. The minimum absolute atomic E-state index is 0.00977. The van der Waals surface area contributed by atoms with Gasteiger partial charge in [-0.2, -0.15) is 11.8 Å². The van der Waals surface area contributed by atoms with Crippen LogP contribution in [-0.4, -0.2) is 99.3 Å². The minimum atomic E-state index is -1.19. The summed E-state index contributed by atoms with van der Waals surface area (Å²) in [6.07, 6.45) is 3.12. The molecule has 0 radical (unpaired) electrons. The number of amides is 6. The summed E-state index contributed by atoms with van der Waals surface area (Å²) in [6, 6.07) is 14.0. The second kappa shape index (κ2) is 19.7. The zero-order valence-electron chi connectivity index (χ0n) is 31.0. The SMILES string of the molecule is CC(C)(C)[C@H](c1cc(-c2cc(F)ccc2F)cn1Cc1ccccc1)N(CCCNC(=O)O)C(=O)CSCCC(=O)NCCNC(=O)CN1C(=O)C=CC1=O. The molecule has 0 unspecified atom stereocenters. The number of thioether (sulfide) groups is 1. The third-order valence-corrected chi connectivity index (χ3v) is 9.56. The molecule has 0 bridgehead atoms. The van der Waals surface area contributed by atoms with Crippen molar-refractivity contribution in [1.82, 2.24) is 30.3 Å². The average molecular weight is 781 g/mol. The third-order valence-electron chi connectivity index (χ3n) is 8.62. The molecule has 4 rings (SSSR count). The number of nitrogens with zero attached hydrogens (tertiary/aromatic N) is 3. The summed E-state index contributed by atoms with van der Waals surface area (Å²) in [6.45, 7) is 6.35. The van der Waals surface area contributed by atoms with Crippen molar-refractivity contribution in [1.29, 1.82) is 0 Å². The number of carboxylic acid groups (broad SMARTS) is 1. The Morgan fingerprint density at radius 2 is 1.56 bits per heavy atom. The summed E-state index contributed by atoms with van der Waals surface area (Å²) >= 11 is 1.26. The minimum Gasteiger partial charge on any atom is -0.465 e. The van der Waals surface area contributed by atoms with Gasteiger partial charge in [-0.05, 0) is 41.7 Å². The first kappa shape index (κ1) is 42.2. The van der Waals surface area contributed by atoms with Gasteiger partial charge < -0.3 is 30.5 Å². The Morgan fingerprint density at radius 3 is 2.22 bits per heavy atom. The van der Waals surface area contributed by atoms with Crippen LogP contribution >= 0.6 is 11.8 Å². The lowest BCUT2D eigenvalue weighted by Crippen LogP contribution is -2.44. The molecule has 6 amide bonds. The molecule has 0 fully saturated rings. The molecule has 294 valence electrons. The largest absolute Gasteiger partial charge is 0.465 e. The Hall–Kier alpha value is -5.51. The maximum Gasteiger partial charge on any atom is 0.404 e. The standard InChI is InChI=1S/C39H46F2N6O7S/c1-39(2,3)37(31-20-27(29-21-28(40)10-11-30(29)41)23-45(31)22-26-8-5-4-6-9-26)46(18-7-15-44-38(53)54)36(52)25-55-19-14-32(48)42-16-17-43-33(49)24-47-34(50)12-13-35(47)51/h4-6,8-13,20-21,23,37,44H,7,14-19,22,24-25H2,1-3H3,(H,42,48)(H,43,49)(H,53,54)/t37-/m0/s1. The van der Waals surface area contributed by atoms with Gasteiger partial charge in [0.15, 0.2) is 0 Å². The van der Waals surface area contributed by atoms with Gasteiger partial charge in [-0.15, -0.1) is 0 Å². The first-order valence-electron chi connectivity index (χ1n) is 17.7. The summed E-state index contributed by atoms with van der Waals surface area (Å²) in [5, 5.41) is 16.7. The third kappa shape index (κ3) is 12.5. The normalized spacial score (nSPS) is 13.1. The van der Waals surface area contributed by atoms with Gasteiger partial charge >= 0.3 is 6.09 Å². The molecule has 1 aliphatic heterocycles. The zero-order valence-corrected chi connectivity index (χ0v) is 31.8. The molecule has 0 aliphatic carbocycles. The van der Waals surface area contributed by atoms with Crippen molar-refractivity contribution in [2.45, 2.75) is 46.2 Å². The Bertz CT molecular complexity index is 1880. The molecular formula is C39H46F2N6O7S. The van der Waals surface area contributed by atoms with Gasteiger partial charge in [-0.25, -0.2) is 13.6 Å². The number of nitrogens with one attached hydrogen (secondary N) is 3. The van der Waals surface area contributed by atoms with Gasteiger partial charge in [0.25, 0.3) is 11.8 Å². The van der Waals surface area contributed by atoms with Crippen molar-refractivity contribution in [2.24, 2.45) is 5.41 Å². The first-order valence-corrected chi connectivity index (χ1v) is 18.9. The van der Waals surface area contributed by atoms with E-state index < -0.39 is 53.5 Å². The predicted molar refractivity (Wildman–Crippen MR) is 204 cm³/mol. The lowest BCUT2D eigenvalue weighted by Gasteiger charge is -2.41. The van der Waals surface area contributed by atoms with Gasteiger partial charge in [0, 0.05) is 80.1 Å². The van der Waals surface area contributed by atoms with E-state index in [2.05, 4.69) is 16.0 Å². The highest BCUT2D eigenvalue weighted by molar-refractivity contribution is 7.99. The highest BCUT2D eigenvalue weighted by atomic mass is 32.2. The molecule has 1 aromatic heterocycles. The van der Waals surface area contributed by atoms with Gasteiger partial charge in [0.2, 0.25) is 17.7 Å². The van der Waals surface area contributed by atoms with Crippen molar-refractivity contribution in [3.8, 4) is 11.1 Å². The molecule has 3 aromatic rings. The Morgan fingerprint density at radius 1 is 0.891 bits per heavy atom. The summed E-state index contributed by atoms with van der Waals surface area (Å²) in [4.78, 5) is 75.6. The van der Waals surface area contributed by atoms with Gasteiger partial charge in [0.05, 0.1) is 11.8 Å². The first-order chi connectivity index (χ1) is 26.1. The van der Waals surface area contributed by atoms with Crippen LogP contribution < -0.4 is 16.0 Å². The number of carbonyl (C=O) groups is 6. The second-order valence-electron chi connectivity index (χ2n) is 13.9. The second-order valence-corrected chi connectivity index (χ2v) is 15.0. The van der Waals surface area contributed by atoms with Crippen molar-refractivity contribution < 1.29 is 42.7 Å². The molecule has 2 aromatic carbocycles. The summed E-state index contributed by atoms with van der Waals surface area (Å²) in [5.41, 5.74) is 1.56. The number of imide groups is 1. The zero-order chi connectivity index (χ0) is 40.1. The fourth-order valence-corrected chi connectivity index (χ4v) is 6.95. The van der Waals surface area contributed by atoms with E-state index in [9.17, 15) is 33.2 Å². The van der Waals surface area contributed by atoms with Crippen LogP contribution in [0, 0.1) is 17.0 Å². The smallest absolute Gasteiger partial charge is 0.404 e. The van der Waals surface area contributed by atoms with Gasteiger partial charge in [0.1, 0.15) is 18.2 Å². The topological polar surface area (TPSA) is 170 Å². The Labute approximate surface area is 322 Å². The summed E-state index contributed by atoms with van der Waals surface area (Å²) < 4.78 is 31.4. The summed E-state index contributed by atoms with van der Waals surface area (Å²) in [5.74, 6) is -3.11. The lowest BCUT2D eigenvalue weighted by molar-refractivity contribution is -0.141. The predicted octanol–water partition coefficient (Wildman–Crippen LogP) is 4.34. The number of halogens is 2. The number of hydrogen-bond donors (Lipinski definition) is 4. The van der Waals surface area contributed by atoms with Crippen LogP contribution in [0.4, 0.5) is 13.6 Å². The highest BCUT2D eigenvalue weighted by Gasteiger charge is 2.37. The van der Waals surface area contributed by atoms with Crippen LogP contribution in [0.15, 0.2) is 72.9 Å². The average Bonchev–Trinajstić information content (AvgIpc) is 3.68. The van der Waals surface area contributed by atoms with Crippen LogP contribution in [0.3, 0.4) is 0 Å². The lowest BCUT2D eigenvalue weighted by atomic mass is 9.83. The number of carbonyl (C=O) groups excluding carboxylic acids is 5. The molecule has 4 N–H and O–H groups in total. The number of aromatic nitrogens is 1. The van der Waals surface area contributed by atoms with Crippen LogP contribution in [-0.2, 0) is 30.5 Å². The molecule has 55 heavy (non-hydrogen) atoms. The highest BCUT2D eigenvalue weighted by Crippen LogP contribution is 2.41. The van der Waals surface area contributed by atoms with E-state index >= 15 is 4.39 Å². The van der Waals surface area contributed by atoms with E-state index in [-0.39, 0.29) is 55.7 Å². The fourth-order valence-electron chi connectivity index (χ4n) is 6.14. The van der Waals surface area contributed by atoms with Gasteiger partial charge in [-0.3, -0.25) is 28.9 Å². The van der Waals surface area contributed by atoms with Crippen LogP contribution in [0.25, 0.3) is 11.1 Å². The van der Waals surface area contributed by atoms with E-state index in [4.69, 9.17) is 5.11 Å². The molecular weight excluding hydrogens is 735 g/mol. The van der Waals surface area contributed by atoms with Gasteiger partial charge in [-0.1, -0.05) is 51.1 Å². The van der Waals surface area contributed by atoms with E-state index in [0.717, 1.165) is 40.8 Å². The molecule has 0 saturated heterocycles. The van der Waals surface area contributed by atoms with E-state index in [1.165, 1.54) is 11.8 Å². The molecule has 0 saturated carbocycles. The molecule has 13 nitrogen and oxygen atoms in total. The fraction of sp³-hybridized carbons (Fsp3) is 0.385. The van der Waals surface area contributed by atoms with E-state index in [1.807, 2.05) is 55.7 Å². The quantitative estimate of drug-likeness (QED) is 0.103. The van der Waals surface area contributed by atoms with E-state index in [1.54, 1.807) is 17.2 Å². The maximum atomic E-state index is 15.1. The Balaban J connectivity index is 1.45. The van der Waals surface area contributed by atoms with Crippen LogP contribution in [0.1, 0.15) is 50.9 Å². The summed E-state index contributed by atoms with van der Waals surface area (Å²) in [7, 11) is 0. The van der Waals surface area contributed by atoms with Crippen LogP contribution in [0.2, 0.25) is 0 Å². The Kier molecular flexibility index (Phi) is 15.1. The number of rotatable bonds is 19. The monoisotopic (exact) mass is 780 g/mol. The van der Waals surface area contributed by atoms with Crippen molar-refractivity contribution in [3.05, 3.63) is 95.8 Å². The molecule has 16 heteroatoms. The van der Waals surface area contributed by atoms with Crippen molar-refractivity contribution in [3.63, 3.8) is 0 Å². The number of benzene rings is 2. The van der Waals surface area contributed by atoms with Crippen LogP contribution in [0.5, 0.6) is 0 Å². The van der Waals surface area contributed by atoms with E-state index in [0.29, 0.717) is 30.0 Å². The molecule has 2 heterocycles. The molecule has 1 atom stereocenters. The van der Waals surface area contributed by atoms with Crippen molar-refractivity contribution >= 4 is 47.4 Å². The molecule has 0 spiro atoms. The number of hydrogen-bond acceptors (Lipinski definition) is 7. The molecule has 1 aliphatic rings.